The second-order valence-electron chi connectivity index (χ2n) is 8.43. The van der Waals surface area contributed by atoms with E-state index < -0.39 is 0 Å². The molecule has 4 fully saturated rings. The molecule has 0 aromatic carbocycles. The van der Waals surface area contributed by atoms with Gasteiger partial charge in [0.1, 0.15) is 6.54 Å². The molecule has 4 rings (SSSR count). The van der Waals surface area contributed by atoms with Gasteiger partial charge in [-0.25, -0.2) is 4.99 Å². The lowest BCUT2D eigenvalue weighted by molar-refractivity contribution is -0.127. The molecule has 1 amide bonds. The number of aliphatic imine (C=N–C) groups is 1. The molecule has 25 heavy (non-hydrogen) atoms. The molecular weight excluding hydrogens is 316 g/mol. The van der Waals surface area contributed by atoms with Crippen molar-refractivity contribution in [2.45, 2.75) is 63.2 Å². The normalized spacial score (nSPS) is 35.1. The maximum Gasteiger partial charge on any atom is 0.243 e. The summed E-state index contributed by atoms with van der Waals surface area (Å²) < 4.78 is 6.10. The van der Waals surface area contributed by atoms with E-state index in [1.165, 1.54) is 44.9 Å². The first kappa shape index (κ1) is 17.1. The Morgan fingerprint density at radius 3 is 2.32 bits per heavy atom. The molecule has 1 N–H and O–H groups in total. The van der Waals surface area contributed by atoms with Gasteiger partial charge in [0, 0.05) is 45.1 Å². The summed E-state index contributed by atoms with van der Waals surface area (Å²) in [7, 11) is 3.59. The minimum Gasteiger partial charge on any atom is -0.374 e. The van der Waals surface area contributed by atoms with Crippen LogP contribution in [0.1, 0.15) is 44.9 Å². The number of amides is 1. The van der Waals surface area contributed by atoms with Crippen molar-refractivity contribution in [2.24, 2.45) is 16.8 Å². The van der Waals surface area contributed by atoms with Crippen LogP contribution in [0.15, 0.2) is 4.99 Å². The summed E-state index contributed by atoms with van der Waals surface area (Å²) in [5.41, 5.74) is 0. The van der Waals surface area contributed by atoms with Crippen molar-refractivity contribution >= 4 is 11.9 Å². The lowest BCUT2D eigenvalue weighted by Crippen LogP contribution is -2.47. The van der Waals surface area contributed by atoms with Gasteiger partial charge in [-0.15, -0.1) is 0 Å². The number of likely N-dealkylation sites (tertiary alicyclic amines) is 1. The molecule has 4 atom stereocenters. The topological polar surface area (TPSA) is 57.2 Å². The number of rotatable bonds is 3. The van der Waals surface area contributed by atoms with Gasteiger partial charge in [-0.05, 0) is 25.7 Å². The minimum absolute atomic E-state index is 0.0609. The summed E-state index contributed by atoms with van der Waals surface area (Å²) in [6.45, 7) is 2.29. The average Bonchev–Trinajstić information content (AvgIpc) is 3.31. The molecule has 0 spiro atoms. The average molecular weight is 348 g/mol. The van der Waals surface area contributed by atoms with Gasteiger partial charge in [0.05, 0.1) is 12.2 Å². The molecule has 6 heteroatoms. The molecule has 6 nitrogen and oxygen atoms in total. The Hall–Kier alpha value is -1.30. The van der Waals surface area contributed by atoms with Gasteiger partial charge in [0.2, 0.25) is 5.91 Å². The van der Waals surface area contributed by atoms with Gasteiger partial charge < -0.3 is 19.9 Å². The van der Waals surface area contributed by atoms with Crippen LogP contribution in [0, 0.1) is 11.8 Å². The summed E-state index contributed by atoms with van der Waals surface area (Å²) in [6, 6.07) is 0.510. The number of nitrogens with zero attached hydrogens (tertiary/aromatic N) is 3. The van der Waals surface area contributed by atoms with Gasteiger partial charge in [-0.3, -0.25) is 4.79 Å². The van der Waals surface area contributed by atoms with E-state index in [9.17, 15) is 4.79 Å². The monoisotopic (exact) mass is 348 g/mol. The second kappa shape index (κ2) is 7.14. The van der Waals surface area contributed by atoms with E-state index >= 15 is 0 Å². The van der Waals surface area contributed by atoms with Crippen LogP contribution >= 0.6 is 0 Å². The summed E-state index contributed by atoms with van der Waals surface area (Å²) in [4.78, 5) is 20.8. The first-order valence-corrected chi connectivity index (χ1v) is 10.0. The molecule has 1 saturated carbocycles. The van der Waals surface area contributed by atoms with E-state index in [4.69, 9.17) is 9.73 Å². The molecule has 0 aromatic rings. The Kier molecular flexibility index (Phi) is 4.89. The molecule has 4 aliphatic rings. The fourth-order valence-electron chi connectivity index (χ4n) is 5.08. The minimum atomic E-state index is 0.0609. The molecular formula is C19H32N4O2. The van der Waals surface area contributed by atoms with E-state index in [2.05, 4.69) is 10.2 Å². The Balaban J connectivity index is 1.45. The van der Waals surface area contributed by atoms with Gasteiger partial charge in [0.15, 0.2) is 5.96 Å². The Labute approximate surface area is 151 Å². The number of nitrogens with one attached hydrogen (secondary N) is 1. The molecule has 1 aliphatic carbocycles. The first-order valence-electron chi connectivity index (χ1n) is 10.0. The van der Waals surface area contributed by atoms with E-state index in [1.54, 1.807) is 19.0 Å². The van der Waals surface area contributed by atoms with Crippen LogP contribution in [0.2, 0.25) is 0 Å². The highest BCUT2D eigenvalue weighted by molar-refractivity contribution is 5.85. The van der Waals surface area contributed by atoms with E-state index in [1.807, 2.05) is 0 Å². The Morgan fingerprint density at radius 1 is 1.08 bits per heavy atom. The SMILES string of the molecule is CN(C)C(=O)CN=C(NC1CCCCC1)N1C[C@H]2[C@H](C1)[C@H]1CC[C@H]2O1. The number of hydrogen-bond acceptors (Lipinski definition) is 3. The molecule has 3 heterocycles. The summed E-state index contributed by atoms with van der Waals surface area (Å²) in [5, 5.41) is 3.70. The molecule has 0 aromatic heterocycles. The largest absolute Gasteiger partial charge is 0.374 e. The van der Waals surface area contributed by atoms with Crippen molar-refractivity contribution in [3.63, 3.8) is 0 Å². The quantitative estimate of drug-likeness (QED) is 0.620. The predicted molar refractivity (Wildman–Crippen MR) is 97.5 cm³/mol. The van der Waals surface area contributed by atoms with Crippen molar-refractivity contribution in [1.82, 2.24) is 15.1 Å². The Bertz CT molecular complexity index is 512. The number of carbonyl (C=O) groups excluding carboxylic acids is 1. The maximum atomic E-state index is 12.0. The lowest BCUT2D eigenvalue weighted by atomic mass is 9.82. The zero-order valence-electron chi connectivity index (χ0n) is 15.6. The highest BCUT2D eigenvalue weighted by atomic mass is 16.5. The molecule has 140 valence electrons. The van der Waals surface area contributed by atoms with Crippen LogP contribution in [-0.2, 0) is 9.53 Å². The smallest absolute Gasteiger partial charge is 0.243 e. The number of guanidine groups is 1. The van der Waals surface area contributed by atoms with Crippen molar-refractivity contribution in [3.8, 4) is 0 Å². The zero-order chi connectivity index (χ0) is 17.4. The number of likely N-dealkylation sites (N-methyl/N-ethyl adjacent to an activating group) is 1. The van der Waals surface area contributed by atoms with E-state index in [0.29, 0.717) is 30.1 Å². The fraction of sp³-hybridized carbons (Fsp3) is 0.895. The van der Waals surface area contributed by atoms with Gasteiger partial charge >= 0.3 is 0 Å². The Morgan fingerprint density at radius 2 is 1.72 bits per heavy atom. The van der Waals surface area contributed by atoms with E-state index in [-0.39, 0.29) is 12.5 Å². The third-order valence-corrected chi connectivity index (χ3v) is 6.55. The van der Waals surface area contributed by atoms with Crippen molar-refractivity contribution in [2.75, 3.05) is 33.7 Å². The lowest BCUT2D eigenvalue weighted by Gasteiger charge is -2.30. The predicted octanol–water partition coefficient (Wildman–Crippen LogP) is 1.46. The number of ether oxygens (including phenoxy) is 1. The second-order valence-corrected chi connectivity index (χ2v) is 8.43. The van der Waals surface area contributed by atoms with Crippen LogP contribution in [0.3, 0.4) is 0 Å². The molecule has 3 aliphatic heterocycles. The van der Waals surface area contributed by atoms with Crippen LogP contribution in [0.5, 0.6) is 0 Å². The standard InChI is InChI=1S/C19H32N4O2/c1-22(2)18(24)10-20-19(21-13-6-4-3-5-7-13)23-11-14-15(12-23)17-9-8-16(14)25-17/h13-17H,3-12H2,1-2H3,(H,20,21)/t14-,15-,16+,17+/m0/s1. The van der Waals surface area contributed by atoms with Gasteiger partial charge in [-0.1, -0.05) is 19.3 Å². The number of fused-ring (bicyclic) bond motifs is 5. The van der Waals surface area contributed by atoms with Crippen molar-refractivity contribution < 1.29 is 9.53 Å². The third kappa shape index (κ3) is 3.50. The van der Waals surface area contributed by atoms with Crippen molar-refractivity contribution in [1.29, 1.82) is 0 Å². The van der Waals surface area contributed by atoms with Crippen LogP contribution in [0.25, 0.3) is 0 Å². The molecule has 0 unspecified atom stereocenters. The van der Waals surface area contributed by atoms with E-state index in [0.717, 1.165) is 19.0 Å². The molecule has 3 saturated heterocycles. The highest BCUT2D eigenvalue weighted by Crippen LogP contribution is 2.47. The number of hydrogen-bond donors (Lipinski definition) is 1. The van der Waals surface area contributed by atoms with Crippen molar-refractivity contribution in [3.05, 3.63) is 0 Å². The number of carbonyl (C=O) groups is 1. The van der Waals surface area contributed by atoms with Crippen LogP contribution < -0.4 is 5.32 Å². The van der Waals surface area contributed by atoms with Crippen LogP contribution in [0.4, 0.5) is 0 Å². The first-order chi connectivity index (χ1) is 12.1. The summed E-state index contributed by atoms with van der Waals surface area (Å²) in [5.74, 6) is 2.32. The molecule has 2 bridgehead atoms. The highest BCUT2D eigenvalue weighted by Gasteiger charge is 2.53. The fourth-order valence-corrected chi connectivity index (χ4v) is 5.08. The summed E-state index contributed by atoms with van der Waals surface area (Å²) >= 11 is 0. The molecule has 0 radical (unpaired) electrons. The maximum absolute atomic E-state index is 12.0. The zero-order valence-corrected chi connectivity index (χ0v) is 15.6. The van der Waals surface area contributed by atoms with Gasteiger partial charge in [0.25, 0.3) is 0 Å². The van der Waals surface area contributed by atoms with Crippen LogP contribution in [-0.4, -0.2) is 73.6 Å². The summed E-state index contributed by atoms with van der Waals surface area (Å²) in [6.07, 6.45) is 9.74. The third-order valence-electron chi connectivity index (χ3n) is 6.55. The van der Waals surface area contributed by atoms with Gasteiger partial charge in [-0.2, -0.15) is 0 Å².